The van der Waals surface area contributed by atoms with Crippen molar-refractivity contribution >= 4 is 44.0 Å². The summed E-state index contributed by atoms with van der Waals surface area (Å²) in [4.78, 5) is 37.1. The molecule has 1 amide bonds. The summed E-state index contributed by atoms with van der Waals surface area (Å²) in [5.41, 5.74) is 1.77. The molecule has 0 spiro atoms. The highest BCUT2D eigenvalue weighted by Crippen LogP contribution is 2.34. The van der Waals surface area contributed by atoms with Crippen molar-refractivity contribution in [2.75, 3.05) is 36.1 Å². The lowest BCUT2D eigenvalue weighted by Crippen LogP contribution is -2.36. The van der Waals surface area contributed by atoms with E-state index in [-0.39, 0.29) is 17.8 Å². The Bertz CT molecular complexity index is 1390. The molecule has 178 valence electrons. The Morgan fingerprint density at radius 1 is 1.20 bits per heavy atom. The quantitative estimate of drug-likeness (QED) is 0.289. The molecule has 1 aliphatic heterocycles. The molecule has 4 aromatic rings. The Hall–Kier alpha value is -3.96. The number of anilines is 2. The van der Waals surface area contributed by atoms with Crippen LogP contribution in [-0.2, 0) is 11.3 Å². The summed E-state index contributed by atoms with van der Waals surface area (Å²) in [5.74, 6) is -0.850. The van der Waals surface area contributed by atoms with Gasteiger partial charge in [0.25, 0.3) is 11.6 Å². The van der Waals surface area contributed by atoms with Gasteiger partial charge >= 0.3 is 0 Å². The summed E-state index contributed by atoms with van der Waals surface area (Å²) in [6, 6.07) is 12.3. The minimum atomic E-state index is -0.479. The van der Waals surface area contributed by atoms with Crippen molar-refractivity contribution in [3.05, 3.63) is 88.0 Å². The Morgan fingerprint density at radius 3 is 2.77 bits per heavy atom. The van der Waals surface area contributed by atoms with E-state index in [1.54, 1.807) is 36.7 Å². The average molecular weight is 494 g/mol. The van der Waals surface area contributed by atoms with Gasteiger partial charge in [0, 0.05) is 37.1 Å². The molecule has 11 heteroatoms. The van der Waals surface area contributed by atoms with Crippen LogP contribution in [0.5, 0.6) is 0 Å². The average Bonchev–Trinajstić information content (AvgIpc) is 3.30. The van der Waals surface area contributed by atoms with Gasteiger partial charge in [-0.2, -0.15) is 0 Å². The largest absolute Gasteiger partial charge is 0.378 e. The van der Waals surface area contributed by atoms with Crippen molar-refractivity contribution in [3.8, 4) is 0 Å². The lowest BCUT2D eigenvalue weighted by atomic mass is 10.1. The van der Waals surface area contributed by atoms with Gasteiger partial charge < -0.3 is 9.64 Å². The summed E-state index contributed by atoms with van der Waals surface area (Å²) in [7, 11) is 0. The van der Waals surface area contributed by atoms with Gasteiger partial charge in [-0.05, 0) is 42.0 Å². The normalized spacial score (nSPS) is 13.7. The van der Waals surface area contributed by atoms with Gasteiger partial charge in [-0.25, -0.2) is 9.37 Å². The molecule has 0 unspecified atom stereocenters. The number of carbonyl (C=O) groups is 1. The van der Waals surface area contributed by atoms with E-state index < -0.39 is 16.6 Å². The molecule has 2 aromatic carbocycles. The van der Waals surface area contributed by atoms with Crippen LogP contribution >= 0.6 is 11.3 Å². The zero-order chi connectivity index (χ0) is 24.4. The number of nitro groups is 1. The van der Waals surface area contributed by atoms with Crippen molar-refractivity contribution < 1.29 is 18.8 Å². The predicted molar refractivity (Wildman–Crippen MR) is 130 cm³/mol. The number of nitro benzene ring substituents is 1. The molecule has 1 fully saturated rings. The zero-order valence-electron chi connectivity index (χ0n) is 18.5. The molecule has 0 atom stereocenters. The van der Waals surface area contributed by atoms with Gasteiger partial charge in [0.1, 0.15) is 11.5 Å². The number of hydrogen-bond donors (Lipinski definition) is 0. The number of fused-ring (bicyclic) bond motifs is 1. The molecule has 0 saturated carbocycles. The lowest BCUT2D eigenvalue weighted by molar-refractivity contribution is -0.384. The molecule has 0 aliphatic carbocycles. The SMILES string of the molecule is O=C(c1ccc(N2CCOCC2)c([N+](=O)[O-])c1)N(Cc1cccnc1)c1nc2ccc(F)cc2s1. The van der Waals surface area contributed by atoms with Crippen LogP contribution in [0.3, 0.4) is 0 Å². The molecular weight excluding hydrogens is 473 g/mol. The lowest BCUT2D eigenvalue weighted by Gasteiger charge is -2.28. The van der Waals surface area contributed by atoms with E-state index in [0.717, 1.165) is 5.56 Å². The third-order valence-corrected chi connectivity index (χ3v) is 6.69. The summed E-state index contributed by atoms with van der Waals surface area (Å²) in [5, 5.41) is 12.2. The highest BCUT2D eigenvalue weighted by Gasteiger charge is 2.27. The van der Waals surface area contributed by atoms with Gasteiger partial charge in [0.05, 0.1) is 34.9 Å². The third kappa shape index (κ3) is 4.81. The van der Waals surface area contributed by atoms with Gasteiger partial charge in [-0.15, -0.1) is 0 Å². The smallest absolute Gasteiger partial charge is 0.293 e. The van der Waals surface area contributed by atoms with Crippen LogP contribution in [0.25, 0.3) is 10.2 Å². The first-order valence-electron chi connectivity index (χ1n) is 10.9. The number of carbonyl (C=O) groups excluding carboxylic acids is 1. The highest BCUT2D eigenvalue weighted by atomic mass is 32.1. The minimum absolute atomic E-state index is 0.147. The molecular formula is C24H20FN5O4S. The first kappa shape index (κ1) is 22.8. The van der Waals surface area contributed by atoms with E-state index >= 15 is 0 Å². The summed E-state index contributed by atoms with van der Waals surface area (Å²) >= 11 is 1.18. The van der Waals surface area contributed by atoms with Gasteiger partial charge in [-0.1, -0.05) is 17.4 Å². The number of aromatic nitrogens is 2. The van der Waals surface area contributed by atoms with Crippen LogP contribution < -0.4 is 9.80 Å². The number of ether oxygens (including phenoxy) is 1. The number of amides is 1. The summed E-state index contributed by atoms with van der Waals surface area (Å²) in [6.45, 7) is 2.17. The summed E-state index contributed by atoms with van der Waals surface area (Å²) in [6.07, 6.45) is 3.26. The van der Waals surface area contributed by atoms with Crippen molar-refractivity contribution in [2.45, 2.75) is 6.54 Å². The van der Waals surface area contributed by atoms with Crippen molar-refractivity contribution in [1.29, 1.82) is 0 Å². The Labute approximate surface area is 203 Å². The molecule has 35 heavy (non-hydrogen) atoms. The van der Waals surface area contributed by atoms with Gasteiger partial charge in [0.15, 0.2) is 5.13 Å². The van der Waals surface area contributed by atoms with E-state index in [9.17, 15) is 19.3 Å². The zero-order valence-corrected chi connectivity index (χ0v) is 19.3. The molecule has 0 bridgehead atoms. The van der Waals surface area contributed by atoms with Crippen molar-refractivity contribution in [3.63, 3.8) is 0 Å². The monoisotopic (exact) mass is 493 g/mol. The number of morpholine rings is 1. The van der Waals surface area contributed by atoms with Gasteiger partial charge in [-0.3, -0.25) is 24.8 Å². The van der Waals surface area contributed by atoms with Crippen LogP contribution in [0.1, 0.15) is 15.9 Å². The first-order chi connectivity index (χ1) is 17.0. The van der Waals surface area contributed by atoms with E-state index in [4.69, 9.17) is 4.74 Å². The number of thiazole rings is 1. The molecule has 1 saturated heterocycles. The Kier molecular flexibility index (Phi) is 6.34. The molecule has 5 rings (SSSR count). The Balaban J connectivity index is 1.54. The third-order valence-electron chi connectivity index (χ3n) is 5.65. The first-order valence-corrected chi connectivity index (χ1v) is 11.7. The van der Waals surface area contributed by atoms with Crippen molar-refractivity contribution in [1.82, 2.24) is 9.97 Å². The maximum Gasteiger partial charge on any atom is 0.293 e. The molecule has 2 aromatic heterocycles. The van der Waals surface area contributed by atoms with Crippen LogP contribution in [0.15, 0.2) is 60.9 Å². The molecule has 1 aliphatic rings. The molecule has 3 heterocycles. The number of pyridine rings is 1. The molecule has 9 nitrogen and oxygen atoms in total. The number of benzene rings is 2. The van der Waals surface area contributed by atoms with Crippen LogP contribution in [0.2, 0.25) is 0 Å². The van der Waals surface area contributed by atoms with Crippen LogP contribution in [-0.4, -0.2) is 47.1 Å². The number of halogens is 1. The van der Waals surface area contributed by atoms with Crippen LogP contribution in [0.4, 0.5) is 20.9 Å². The van der Waals surface area contributed by atoms with Crippen LogP contribution in [0, 0.1) is 15.9 Å². The van der Waals surface area contributed by atoms with E-state index in [1.165, 1.54) is 34.4 Å². The topological polar surface area (TPSA) is 102 Å². The molecule has 0 N–H and O–H groups in total. The maximum absolute atomic E-state index is 13.7. The van der Waals surface area contributed by atoms with E-state index in [1.807, 2.05) is 11.0 Å². The highest BCUT2D eigenvalue weighted by molar-refractivity contribution is 7.22. The number of nitrogens with zero attached hydrogens (tertiary/aromatic N) is 5. The van der Waals surface area contributed by atoms with Crippen molar-refractivity contribution in [2.24, 2.45) is 0 Å². The van der Waals surface area contributed by atoms with E-state index in [0.29, 0.717) is 47.3 Å². The number of rotatable bonds is 6. The maximum atomic E-state index is 13.7. The predicted octanol–water partition coefficient (Wildman–Crippen LogP) is 4.42. The second kappa shape index (κ2) is 9.72. The summed E-state index contributed by atoms with van der Waals surface area (Å²) < 4.78 is 19.7. The minimum Gasteiger partial charge on any atom is -0.378 e. The second-order valence-electron chi connectivity index (χ2n) is 7.92. The van der Waals surface area contributed by atoms with E-state index in [2.05, 4.69) is 9.97 Å². The fraction of sp³-hybridized carbons (Fsp3) is 0.208. The fourth-order valence-corrected chi connectivity index (χ4v) is 4.92. The molecule has 0 radical (unpaired) electrons. The standard InChI is InChI=1S/C24H20FN5O4S/c25-18-4-5-19-22(13-18)35-24(27-19)29(15-16-2-1-7-26-14-16)23(31)17-3-6-20(21(12-17)30(32)33)28-8-10-34-11-9-28/h1-7,12-14H,8-11,15H2. The second-order valence-corrected chi connectivity index (χ2v) is 8.93. The fourth-order valence-electron chi connectivity index (χ4n) is 3.93. The van der Waals surface area contributed by atoms with Gasteiger partial charge in [0.2, 0.25) is 0 Å². The number of hydrogen-bond acceptors (Lipinski definition) is 8. The Morgan fingerprint density at radius 2 is 2.03 bits per heavy atom.